The van der Waals surface area contributed by atoms with E-state index < -0.39 is 0 Å². The van der Waals surface area contributed by atoms with E-state index in [0.29, 0.717) is 5.92 Å². The third-order valence-corrected chi connectivity index (χ3v) is 9.64. The molecule has 0 spiro atoms. The molecule has 0 bridgehead atoms. The molecule has 1 aromatic rings. The van der Waals surface area contributed by atoms with Crippen LogP contribution in [0.4, 0.5) is 4.39 Å². The van der Waals surface area contributed by atoms with Crippen LogP contribution in [0.25, 0.3) is 0 Å². The van der Waals surface area contributed by atoms with Crippen LogP contribution in [0.2, 0.25) is 5.02 Å². The molecule has 0 nitrogen and oxygen atoms in total. The van der Waals surface area contributed by atoms with Gasteiger partial charge in [0, 0.05) is 0 Å². The van der Waals surface area contributed by atoms with Crippen LogP contribution in [0.15, 0.2) is 18.2 Å². The van der Waals surface area contributed by atoms with Crippen molar-refractivity contribution in [1.82, 2.24) is 0 Å². The van der Waals surface area contributed by atoms with Crippen molar-refractivity contribution in [3.05, 3.63) is 34.6 Å². The number of hydrogen-bond acceptors (Lipinski definition) is 0. The molecule has 1 aromatic carbocycles. The van der Waals surface area contributed by atoms with Crippen LogP contribution < -0.4 is 0 Å². The Balaban J connectivity index is 1.19. The molecule has 0 heterocycles. The van der Waals surface area contributed by atoms with Gasteiger partial charge in [-0.2, -0.15) is 0 Å². The average molecular weight is 447 g/mol. The van der Waals surface area contributed by atoms with Crippen molar-refractivity contribution >= 4 is 11.6 Å². The standard InChI is InChI=1S/C29H44ClF/c1-2-3-4-5-6-7-21-8-9-26-19-25(15-14-24(26)18-21)22-10-12-23(13-11-22)27-16-17-28(30)29(31)20-27/h16-17,20-26H,2-15,18-19H2,1H3. The summed E-state index contributed by atoms with van der Waals surface area (Å²) in [5, 5.41) is 0.250. The van der Waals surface area contributed by atoms with Crippen LogP contribution >= 0.6 is 11.6 Å². The largest absolute Gasteiger partial charge is 0.205 e. The van der Waals surface area contributed by atoms with Gasteiger partial charge in [0.15, 0.2) is 0 Å². The summed E-state index contributed by atoms with van der Waals surface area (Å²) in [7, 11) is 0. The molecule has 0 saturated heterocycles. The second-order valence-corrected chi connectivity index (χ2v) is 11.7. The molecule has 3 fully saturated rings. The van der Waals surface area contributed by atoms with Crippen molar-refractivity contribution in [1.29, 1.82) is 0 Å². The molecular formula is C29H44ClF. The molecule has 0 aliphatic heterocycles. The highest BCUT2D eigenvalue weighted by Gasteiger charge is 2.38. The molecule has 4 atom stereocenters. The van der Waals surface area contributed by atoms with Crippen LogP contribution in [-0.4, -0.2) is 0 Å². The normalized spacial score (nSPS) is 33.8. The molecule has 0 aromatic heterocycles. The van der Waals surface area contributed by atoms with Crippen LogP contribution in [0, 0.1) is 35.4 Å². The van der Waals surface area contributed by atoms with E-state index >= 15 is 0 Å². The summed E-state index contributed by atoms with van der Waals surface area (Å²) in [6, 6.07) is 5.46. The van der Waals surface area contributed by atoms with Crippen molar-refractivity contribution in [3.63, 3.8) is 0 Å². The van der Waals surface area contributed by atoms with Crippen LogP contribution in [0.3, 0.4) is 0 Å². The minimum Gasteiger partial charge on any atom is -0.205 e. The Labute approximate surface area is 195 Å². The summed E-state index contributed by atoms with van der Waals surface area (Å²) >= 11 is 5.88. The molecular weight excluding hydrogens is 403 g/mol. The van der Waals surface area contributed by atoms with Gasteiger partial charge in [-0.3, -0.25) is 0 Å². The number of fused-ring (bicyclic) bond motifs is 1. The maximum atomic E-state index is 13.9. The predicted molar refractivity (Wildman–Crippen MR) is 131 cm³/mol. The Morgan fingerprint density at radius 3 is 2.16 bits per heavy atom. The molecule has 4 rings (SSSR count). The molecule has 3 saturated carbocycles. The highest BCUT2D eigenvalue weighted by Crippen LogP contribution is 2.50. The van der Waals surface area contributed by atoms with E-state index in [0.717, 1.165) is 35.2 Å². The molecule has 2 heteroatoms. The fourth-order valence-electron chi connectivity index (χ4n) is 7.44. The maximum absolute atomic E-state index is 13.9. The van der Waals surface area contributed by atoms with Gasteiger partial charge < -0.3 is 0 Å². The average Bonchev–Trinajstić information content (AvgIpc) is 2.80. The van der Waals surface area contributed by atoms with E-state index in [9.17, 15) is 4.39 Å². The Kier molecular flexibility index (Phi) is 8.78. The minimum absolute atomic E-state index is 0.250. The van der Waals surface area contributed by atoms with Crippen molar-refractivity contribution in [2.45, 2.75) is 116 Å². The molecule has 0 radical (unpaired) electrons. The molecule has 3 aliphatic rings. The third-order valence-electron chi connectivity index (χ3n) is 9.33. The minimum atomic E-state index is -0.254. The topological polar surface area (TPSA) is 0 Å². The first-order valence-corrected chi connectivity index (χ1v) is 14.0. The monoisotopic (exact) mass is 446 g/mol. The van der Waals surface area contributed by atoms with E-state index in [2.05, 4.69) is 6.92 Å². The highest BCUT2D eigenvalue weighted by atomic mass is 35.5. The summed E-state index contributed by atoms with van der Waals surface area (Å²) in [6.45, 7) is 2.31. The zero-order valence-electron chi connectivity index (χ0n) is 19.8. The van der Waals surface area contributed by atoms with E-state index in [1.165, 1.54) is 96.3 Å². The van der Waals surface area contributed by atoms with Crippen LogP contribution in [0.1, 0.15) is 121 Å². The quantitative estimate of drug-likeness (QED) is 0.348. The number of benzene rings is 1. The Bertz CT molecular complexity index is 677. The van der Waals surface area contributed by atoms with Gasteiger partial charge in [-0.1, -0.05) is 69.5 Å². The van der Waals surface area contributed by atoms with Gasteiger partial charge in [-0.25, -0.2) is 4.39 Å². The second kappa shape index (κ2) is 11.5. The van der Waals surface area contributed by atoms with Gasteiger partial charge in [0.1, 0.15) is 5.82 Å². The first-order chi connectivity index (χ1) is 15.1. The molecule has 0 N–H and O–H groups in total. The molecule has 4 unspecified atom stereocenters. The van der Waals surface area contributed by atoms with Gasteiger partial charge in [0.25, 0.3) is 0 Å². The number of hydrogen-bond donors (Lipinski definition) is 0. The highest BCUT2D eigenvalue weighted by molar-refractivity contribution is 6.30. The fourth-order valence-corrected chi connectivity index (χ4v) is 7.56. The maximum Gasteiger partial charge on any atom is 0.142 e. The zero-order chi connectivity index (χ0) is 21.6. The molecule has 31 heavy (non-hydrogen) atoms. The zero-order valence-corrected chi connectivity index (χ0v) is 20.5. The van der Waals surface area contributed by atoms with Crippen LogP contribution in [-0.2, 0) is 0 Å². The van der Waals surface area contributed by atoms with Gasteiger partial charge in [0.2, 0.25) is 0 Å². The first kappa shape index (κ1) is 23.6. The Morgan fingerprint density at radius 1 is 0.774 bits per heavy atom. The molecule has 174 valence electrons. The smallest absolute Gasteiger partial charge is 0.142 e. The van der Waals surface area contributed by atoms with Crippen molar-refractivity contribution in [3.8, 4) is 0 Å². The van der Waals surface area contributed by atoms with Crippen molar-refractivity contribution < 1.29 is 4.39 Å². The third kappa shape index (κ3) is 6.27. The lowest BCUT2D eigenvalue weighted by Gasteiger charge is -2.45. The van der Waals surface area contributed by atoms with Crippen LogP contribution in [0.5, 0.6) is 0 Å². The fraction of sp³-hybridized carbons (Fsp3) is 0.793. The van der Waals surface area contributed by atoms with Gasteiger partial charge in [-0.15, -0.1) is 0 Å². The van der Waals surface area contributed by atoms with E-state index in [4.69, 9.17) is 11.6 Å². The van der Waals surface area contributed by atoms with Crippen molar-refractivity contribution in [2.24, 2.45) is 29.6 Å². The van der Waals surface area contributed by atoms with E-state index in [1.807, 2.05) is 6.07 Å². The lowest BCUT2D eigenvalue weighted by atomic mass is 9.60. The Hall–Kier alpha value is -0.560. The SMILES string of the molecule is CCCCCCCC1CCC2CC(C3CCC(c4ccc(Cl)c(F)c4)CC3)CCC2C1. The number of rotatable bonds is 8. The summed E-state index contributed by atoms with van der Waals surface area (Å²) in [4.78, 5) is 0. The van der Waals surface area contributed by atoms with Gasteiger partial charge in [-0.05, 0) is 111 Å². The van der Waals surface area contributed by atoms with E-state index in [-0.39, 0.29) is 10.8 Å². The number of unbranched alkanes of at least 4 members (excludes halogenated alkanes) is 4. The lowest BCUT2D eigenvalue weighted by Crippen LogP contribution is -2.34. The second-order valence-electron chi connectivity index (χ2n) is 11.3. The predicted octanol–water partition coefficient (Wildman–Crippen LogP) is 9.95. The van der Waals surface area contributed by atoms with Gasteiger partial charge >= 0.3 is 0 Å². The summed E-state index contributed by atoms with van der Waals surface area (Å²) in [5.74, 6) is 5.27. The number of halogens is 2. The summed E-state index contributed by atoms with van der Waals surface area (Å²) in [6.07, 6.45) is 22.9. The summed E-state index contributed by atoms with van der Waals surface area (Å²) < 4.78 is 13.9. The molecule has 0 amide bonds. The van der Waals surface area contributed by atoms with E-state index in [1.54, 1.807) is 18.6 Å². The molecule has 3 aliphatic carbocycles. The summed E-state index contributed by atoms with van der Waals surface area (Å²) in [5.41, 5.74) is 1.16. The van der Waals surface area contributed by atoms with Gasteiger partial charge in [0.05, 0.1) is 5.02 Å². The first-order valence-electron chi connectivity index (χ1n) is 13.6. The lowest BCUT2D eigenvalue weighted by molar-refractivity contribution is 0.0613. The Morgan fingerprint density at radius 2 is 1.42 bits per heavy atom. The van der Waals surface area contributed by atoms with Crippen molar-refractivity contribution in [2.75, 3.05) is 0 Å².